The molecule has 0 atom stereocenters. The van der Waals surface area contributed by atoms with Gasteiger partial charge in [-0.2, -0.15) is 10.4 Å². The molecule has 0 fully saturated rings. The van der Waals surface area contributed by atoms with Crippen LogP contribution < -0.4 is 5.43 Å². The summed E-state index contributed by atoms with van der Waals surface area (Å²) >= 11 is 0. The van der Waals surface area contributed by atoms with E-state index in [4.69, 9.17) is 5.26 Å². The highest BCUT2D eigenvalue weighted by Crippen LogP contribution is 1.89. The van der Waals surface area contributed by atoms with Gasteiger partial charge in [-0.25, -0.2) is 9.97 Å². The first-order valence-electron chi connectivity index (χ1n) is 4.29. The van der Waals surface area contributed by atoms with E-state index < -0.39 is 0 Å². The summed E-state index contributed by atoms with van der Waals surface area (Å²) in [6, 6.07) is 3.85. The van der Waals surface area contributed by atoms with E-state index in [9.17, 15) is 0 Å². The van der Waals surface area contributed by atoms with Gasteiger partial charge in [-0.15, -0.1) is 0 Å². The molecule has 0 amide bonds. The summed E-state index contributed by atoms with van der Waals surface area (Å²) in [4.78, 5) is 7.84. The molecule has 5 heteroatoms. The Balaban J connectivity index is 2.18. The largest absolute Gasteiger partial charge is 0.309 e. The predicted molar refractivity (Wildman–Crippen MR) is 52.5 cm³/mol. The lowest BCUT2D eigenvalue weighted by Gasteiger charge is -1.94. The van der Waals surface area contributed by atoms with E-state index in [0.717, 1.165) is 5.69 Å². The number of nitrogens with zero attached hydrogens (tertiary/aromatic N) is 4. The van der Waals surface area contributed by atoms with E-state index in [2.05, 4.69) is 20.5 Å². The van der Waals surface area contributed by atoms with Crippen molar-refractivity contribution in [2.45, 2.75) is 12.8 Å². The third-order valence-electron chi connectivity index (χ3n) is 1.47. The van der Waals surface area contributed by atoms with Gasteiger partial charge in [0.05, 0.1) is 12.5 Å². The number of aromatic nitrogens is 2. The molecule has 0 saturated heterocycles. The summed E-state index contributed by atoms with van der Waals surface area (Å²) in [6.45, 7) is 0.580. The molecule has 0 bridgehead atoms. The van der Waals surface area contributed by atoms with Crippen LogP contribution in [0.4, 0.5) is 0 Å². The van der Waals surface area contributed by atoms with Crippen molar-refractivity contribution in [1.82, 2.24) is 15.4 Å². The molecular formula is C9H11N5. The van der Waals surface area contributed by atoms with Crippen molar-refractivity contribution in [3.63, 3.8) is 0 Å². The fourth-order valence-electron chi connectivity index (χ4n) is 0.819. The molecular weight excluding hydrogens is 178 g/mol. The highest BCUT2D eigenvalue weighted by atomic mass is 15.3. The van der Waals surface area contributed by atoms with Crippen LogP contribution in [0.3, 0.4) is 0 Å². The fourth-order valence-corrected chi connectivity index (χ4v) is 0.819. The second kappa shape index (κ2) is 6.54. The van der Waals surface area contributed by atoms with Crippen molar-refractivity contribution in [3.8, 4) is 6.07 Å². The average Bonchev–Trinajstić information content (AvgIpc) is 2.25. The van der Waals surface area contributed by atoms with Gasteiger partial charge in [-0.05, 0) is 6.07 Å². The summed E-state index contributed by atoms with van der Waals surface area (Å²) in [5.41, 5.74) is 3.68. The molecule has 1 rings (SSSR count). The predicted octanol–water partition coefficient (Wildman–Crippen LogP) is 0.508. The maximum atomic E-state index is 8.24. The van der Waals surface area contributed by atoms with Crippen molar-refractivity contribution in [3.05, 3.63) is 24.3 Å². The minimum absolute atomic E-state index is 0.463. The van der Waals surface area contributed by atoms with Gasteiger partial charge in [0, 0.05) is 31.1 Å². The van der Waals surface area contributed by atoms with E-state index in [0.29, 0.717) is 19.4 Å². The minimum atomic E-state index is 0.463. The average molecular weight is 189 g/mol. The second-order valence-corrected chi connectivity index (χ2v) is 2.53. The normalized spacial score (nSPS) is 9.93. The molecule has 0 aliphatic heterocycles. The van der Waals surface area contributed by atoms with Crippen LogP contribution in [0, 0.1) is 11.3 Å². The van der Waals surface area contributed by atoms with Crippen LogP contribution in [-0.2, 0) is 6.42 Å². The third kappa shape index (κ3) is 4.16. The van der Waals surface area contributed by atoms with Crippen LogP contribution in [0.15, 0.2) is 23.7 Å². The summed E-state index contributed by atoms with van der Waals surface area (Å²) in [7, 11) is 0. The fraction of sp³-hybridized carbons (Fsp3) is 0.333. The van der Waals surface area contributed by atoms with Gasteiger partial charge in [0.15, 0.2) is 0 Å². The highest BCUT2D eigenvalue weighted by molar-refractivity contribution is 5.59. The Labute approximate surface area is 82.5 Å². The minimum Gasteiger partial charge on any atom is -0.309 e. The molecule has 1 aromatic heterocycles. The lowest BCUT2D eigenvalue weighted by atomic mass is 10.3. The van der Waals surface area contributed by atoms with E-state index in [1.54, 1.807) is 12.4 Å². The topological polar surface area (TPSA) is 74.0 Å². The Morgan fingerprint density at radius 2 is 2.57 bits per heavy atom. The lowest BCUT2D eigenvalue weighted by Crippen LogP contribution is -2.07. The molecule has 5 nitrogen and oxygen atoms in total. The molecule has 0 aliphatic carbocycles. The van der Waals surface area contributed by atoms with Gasteiger partial charge in [0.25, 0.3) is 0 Å². The molecule has 0 saturated carbocycles. The number of hydrogen-bond donors (Lipinski definition) is 1. The molecule has 72 valence electrons. The molecule has 0 radical (unpaired) electrons. The monoisotopic (exact) mass is 189 g/mol. The quantitative estimate of drug-likeness (QED) is 0.416. The molecule has 0 aliphatic rings. The van der Waals surface area contributed by atoms with Crippen molar-refractivity contribution in [2.24, 2.45) is 5.10 Å². The zero-order valence-electron chi connectivity index (χ0n) is 7.72. The van der Waals surface area contributed by atoms with Crippen LogP contribution in [0.5, 0.6) is 0 Å². The molecule has 1 N–H and O–H groups in total. The van der Waals surface area contributed by atoms with E-state index in [1.165, 1.54) is 6.33 Å². The van der Waals surface area contributed by atoms with E-state index in [1.807, 2.05) is 12.1 Å². The molecule has 1 aromatic rings. The van der Waals surface area contributed by atoms with E-state index in [-0.39, 0.29) is 0 Å². The Hall–Kier alpha value is -1.96. The van der Waals surface area contributed by atoms with Crippen LogP contribution in [0.2, 0.25) is 0 Å². The Morgan fingerprint density at radius 1 is 1.64 bits per heavy atom. The van der Waals surface area contributed by atoms with Gasteiger partial charge < -0.3 is 5.43 Å². The van der Waals surface area contributed by atoms with Crippen molar-refractivity contribution >= 4 is 6.21 Å². The zero-order chi connectivity index (χ0) is 10.1. The highest BCUT2D eigenvalue weighted by Gasteiger charge is 1.88. The number of hydrogen-bond acceptors (Lipinski definition) is 5. The van der Waals surface area contributed by atoms with Crippen LogP contribution in [0.25, 0.3) is 0 Å². The maximum Gasteiger partial charge on any atom is 0.115 e. The smallest absolute Gasteiger partial charge is 0.115 e. The summed E-state index contributed by atoms with van der Waals surface area (Å²) < 4.78 is 0. The zero-order valence-corrected chi connectivity index (χ0v) is 7.72. The van der Waals surface area contributed by atoms with Gasteiger partial charge in [-0.3, -0.25) is 0 Å². The number of hydrazone groups is 1. The maximum absolute atomic E-state index is 8.24. The summed E-state index contributed by atoms with van der Waals surface area (Å²) in [6.07, 6.45) is 6.05. The van der Waals surface area contributed by atoms with Crippen LogP contribution >= 0.6 is 0 Å². The summed E-state index contributed by atoms with van der Waals surface area (Å²) in [5.74, 6) is 0. The first-order valence-corrected chi connectivity index (χ1v) is 4.29. The molecule has 0 spiro atoms. The lowest BCUT2D eigenvalue weighted by molar-refractivity contribution is 0.748. The SMILES string of the molecule is N#CCCN/N=C/Cc1ccncn1. The molecule has 1 heterocycles. The van der Waals surface area contributed by atoms with Gasteiger partial charge in [0.2, 0.25) is 0 Å². The van der Waals surface area contributed by atoms with Gasteiger partial charge >= 0.3 is 0 Å². The number of nitrogens with one attached hydrogen (secondary N) is 1. The third-order valence-corrected chi connectivity index (χ3v) is 1.47. The summed E-state index contributed by atoms with van der Waals surface area (Å²) in [5, 5.41) is 12.2. The van der Waals surface area contributed by atoms with E-state index >= 15 is 0 Å². The van der Waals surface area contributed by atoms with Crippen molar-refractivity contribution < 1.29 is 0 Å². The molecule has 0 unspecified atom stereocenters. The standard InChI is InChI=1S/C9H11N5/c10-4-1-5-13-14-7-3-9-2-6-11-8-12-9/h2,6-8,13H,1,3,5H2/b14-7+. The second-order valence-electron chi connectivity index (χ2n) is 2.53. The Kier molecular flexibility index (Phi) is 4.73. The molecule has 0 aromatic carbocycles. The van der Waals surface area contributed by atoms with Crippen LogP contribution in [-0.4, -0.2) is 22.7 Å². The van der Waals surface area contributed by atoms with Crippen molar-refractivity contribution in [2.75, 3.05) is 6.54 Å². The van der Waals surface area contributed by atoms with Crippen molar-refractivity contribution in [1.29, 1.82) is 5.26 Å². The van der Waals surface area contributed by atoms with Crippen LogP contribution in [0.1, 0.15) is 12.1 Å². The molecule has 14 heavy (non-hydrogen) atoms. The van der Waals surface area contributed by atoms with Gasteiger partial charge in [-0.1, -0.05) is 0 Å². The first-order chi connectivity index (χ1) is 6.93. The first kappa shape index (κ1) is 10.1. The number of rotatable bonds is 5. The number of nitriles is 1. The Bertz CT molecular complexity index is 314. The Morgan fingerprint density at radius 3 is 3.29 bits per heavy atom. The van der Waals surface area contributed by atoms with Gasteiger partial charge in [0.1, 0.15) is 6.33 Å².